The fraction of sp³-hybridized carbons (Fsp3) is 0.172. The average Bonchev–Trinajstić information content (AvgIpc) is 2.85. The smallest absolute Gasteiger partial charge is 0.161 e. The zero-order valence-corrected chi connectivity index (χ0v) is 20.7. The van der Waals surface area contributed by atoms with Crippen LogP contribution in [-0.2, 0) is 4.79 Å². The Hall–Kier alpha value is -3.34. The van der Waals surface area contributed by atoms with E-state index in [1.807, 2.05) is 55.5 Å². The van der Waals surface area contributed by atoms with Crippen LogP contribution < -0.4 is 4.90 Å². The average molecular weight is 503 g/mol. The number of amidine groups is 1. The quantitative estimate of drug-likeness (QED) is 0.358. The van der Waals surface area contributed by atoms with Gasteiger partial charge in [-0.15, -0.1) is 0 Å². The topological polar surface area (TPSA) is 64.4 Å². The molecule has 35 heavy (non-hydrogen) atoms. The molecule has 0 spiro atoms. The lowest BCUT2D eigenvalue weighted by Gasteiger charge is -2.41. The molecule has 0 bridgehead atoms. The molecule has 0 saturated carbocycles. The maximum Gasteiger partial charge on any atom is 0.161 e. The first-order valence-electron chi connectivity index (χ1n) is 11.5. The highest BCUT2D eigenvalue weighted by Gasteiger charge is 2.43. The molecule has 0 aromatic heterocycles. The maximum absolute atomic E-state index is 13.5. The number of carbonyl (C=O) groups excluding carboxylic acids is 1. The molecule has 6 heteroatoms. The van der Waals surface area contributed by atoms with Crippen molar-refractivity contribution in [1.29, 1.82) is 5.41 Å². The first-order valence-corrected chi connectivity index (χ1v) is 12.3. The van der Waals surface area contributed by atoms with Crippen LogP contribution >= 0.6 is 23.2 Å². The van der Waals surface area contributed by atoms with Crippen LogP contribution in [-0.4, -0.2) is 16.7 Å². The monoisotopic (exact) mass is 502 g/mol. The first-order chi connectivity index (χ1) is 16.8. The van der Waals surface area contributed by atoms with E-state index in [-0.39, 0.29) is 17.4 Å². The number of Topliss-reactive ketones (excluding diaryl/α,β-unsaturated/α-hetero) is 1. The lowest BCUT2D eigenvalue weighted by atomic mass is 9.73. The molecule has 2 aliphatic rings. The fourth-order valence-electron chi connectivity index (χ4n) is 4.92. The molecule has 0 amide bonds. The minimum Gasteiger partial charge on any atom is -0.507 e. The minimum absolute atomic E-state index is 0.0150. The van der Waals surface area contributed by atoms with Crippen LogP contribution in [0.1, 0.15) is 41.9 Å². The fourth-order valence-corrected chi connectivity index (χ4v) is 5.17. The zero-order chi connectivity index (χ0) is 24.7. The van der Waals surface area contributed by atoms with Crippen molar-refractivity contribution >= 4 is 46.3 Å². The predicted molar refractivity (Wildman–Crippen MR) is 142 cm³/mol. The molecular weight excluding hydrogens is 479 g/mol. The molecule has 1 aliphatic heterocycles. The Morgan fingerprint density at radius 2 is 1.51 bits per heavy atom. The largest absolute Gasteiger partial charge is 0.507 e. The second-order valence-electron chi connectivity index (χ2n) is 8.91. The zero-order valence-electron chi connectivity index (χ0n) is 19.2. The van der Waals surface area contributed by atoms with Crippen LogP contribution in [0.15, 0.2) is 89.6 Å². The molecule has 3 aromatic rings. The van der Waals surface area contributed by atoms with E-state index in [1.165, 1.54) is 0 Å². The van der Waals surface area contributed by atoms with Gasteiger partial charge < -0.3 is 5.11 Å². The molecule has 1 heterocycles. The minimum atomic E-state index is -0.576. The standard InChI is InChI=1S/C29H24Cl2N2O2/c1-17-5-7-19(8-6-17)28(35)27-25(18-9-11-20(30)12-10-18)26-23(3-2-4-24(26)34)33(29(27)32)22-15-13-21(31)14-16-22/h5-16,25,32,35H,2-4H2,1H3/b28-27+,32-29?. The van der Waals surface area contributed by atoms with E-state index >= 15 is 0 Å². The number of hydrogen-bond donors (Lipinski definition) is 2. The predicted octanol–water partition coefficient (Wildman–Crippen LogP) is 7.86. The van der Waals surface area contributed by atoms with Gasteiger partial charge in [-0.1, -0.05) is 65.2 Å². The van der Waals surface area contributed by atoms with Crippen LogP contribution in [0.25, 0.3) is 5.76 Å². The van der Waals surface area contributed by atoms with Gasteiger partial charge in [0.25, 0.3) is 0 Å². The summed E-state index contributed by atoms with van der Waals surface area (Å²) in [6, 6.07) is 22.0. The molecule has 1 atom stereocenters. The van der Waals surface area contributed by atoms with E-state index in [4.69, 9.17) is 23.2 Å². The summed E-state index contributed by atoms with van der Waals surface area (Å²) in [4.78, 5) is 15.2. The SMILES string of the molecule is Cc1ccc(/C(O)=C2\C(=N)N(c3ccc(Cl)cc3)C3=C(C(=O)CCC3)C2c2ccc(Cl)cc2)cc1. The van der Waals surface area contributed by atoms with Crippen molar-refractivity contribution < 1.29 is 9.90 Å². The number of carbonyl (C=O) groups is 1. The number of nitrogens with zero attached hydrogens (tertiary/aromatic N) is 1. The molecule has 0 saturated heterocycles. The van der Waals surface area contributed by atoms with Crippen molar-refractivity contribution in [3.63, 3.8) is 0 Å². The van der Waals surface area contributed by atoms with Crippen LogP contribution in [0.4, 0.5) is 5.69 Å². The third-order valence-electron chi connectivity index (χ3n) is 6.62. The van der Waals surface area contributed by atoms with Gasteiger partial charge in [0.2, 0.25) is 0 Å². The lowest BCUT2D eigenvalue weighted by Crippen LogP contribution is -2.42. The summed E-state index contributed by atoms with van der Waals surface area (Å²) in [6.07, 6.45) is 1.81. The molecule has 0 fully saturated rings. The highest BCUT2D eigenvalue weighted by Crippen LogP contribution is 2.48. The van der Waals surface area contributed by atoms with Gasteiger partial charge in [-0.3, -0.25) is 15.1 Å². The molecule has 3 aromatic carbocycles. The van der Waals surface area contributed by atoms with E-state index in [2.05, 4.69) is 0 Å². The van der Waals surface area contributed by atoms with Crippen LogP contribution in [0.2, 0.25) is 10.0 Å². The molecule has 1 aliphatic carbocycles. The summed E-state index contributed by atoms with van der Waals surface area (Å²) >= 11 is 12.3. The highest BCUT2D eigenvalue weighted by molar-refractivity contribution is 6.31. The maximum atomic E-state index is 13.5. The van der Waals surface area contributed by atoms with E-state index in [0.717, 1.165) is 22.5 Å². The molecule has 1 unspecified atom stereocenters. The van der Waals surface area contributed by atoms with Gasteiger partial charge in [0.15, 0.2) is 5.78 Å². The first kappa shape index (κ1) is 23.4. The van der Waals surface area contributed by atoms with Crippen molar-refractivity contribution in [3.05, 3.63) is 116 Å². The van der Waals surface area contributed by atoms with E-state index in [1.54, 1.807) is 29.2 Å². The van der Waals surface area contributed by atoms with Crippen molar-refractivity contribution in [3.8, 4) is 0 Å². The Morgan fingerprint density at radius 3 is 2.14 bits per heavy atom. The number of rotatable bonds is 3. The Labute approximate surface area is 214 Å². The number of aliphatic hydroxyl groups is 1. The summed E-state index contributed by atoms with van der Waals surface area (Å²) in [5.41, 5.74) is 5.01. The van der Waals surface area contributed by atoms with Gasteiger partial charge in [0.05, 0.1) is 0 Å². The van der Waals surface area contributed by atoms with E-state index < -0.39 is 5.92 Å². The number of allylic oxidation sites excluding steroid dienone is 2. The number of aryl methyl sites for hydroxylation is 1. The van der Waals surface area contributed by atoms with Crippen molar-refractivity contribution in [1.82, 2.24) is 0 Å². The number of benzene rings is 3. The Balaban J connectivity index is 1.81. The van der Waals surface area contributed by atoms with Gasteiger partial charge in [0.1, 0.15) is 11.6 Å². The summed E-state index contributed by atoms with van der Waals surface area (Å²) in [5.74, 6) is -0.420. The number of anilines is 1. The number of ketones is 1. The van der Waals surface area contributed by atoms with Crippen LogP contribution in [0.3, 0.4) is 0 Å². The Bertz CT molecular complexity index is 1370. The van der Waals surface area contributed by atoms with Crippen molar-refractivity contribution in [2.45, 2.75) is 32.1 Å². The van der Waals surface area contributed by atoms with E-state index in [9.17, 15) is 15.3 Å². The normalized spacial score (nSPS) is 19.6. The second kappa shape index (κ2) is 9.37. The van der Waals surface area contributed by atoms with Crippen LogP contribution in [0.5, 0.6) is 0 Å². The molecule has 5 rings (SSSR count). The van der Waals surface area contributed by atoms with Gasteiger partial charge >= 0.3 is 0 Å². The third-order valence-corrected chi connectivity index (χ3v) is 7.13. The number of aliphatic hydroxyl groups excluding tert-OH is 1. The number of halogens is 2. The third kappa shape index (κ3) is 4.29. The van der Waals surface area contributed by atoms with Gasteiger partial charge in [-0.25, -0.2) is 0 Å². The van der Waals surface area contributed by atoms with E-state index in [0.29, 0.717) is 46.0 Å². The lowest BCUT2D eigenvalue weighted by molar-refractivity contribution is -0.116. The molecular formula is C29H24Cl2N2O2. The van der Waals surface area contributed by atoms with Crippen molar-refractivity contribution in [2.75, 3.05) is 4.90 Å². The van der Waals surface area contributed by atoms with Gasteiger partial charge in [-0.2, -0.15) is 0 Å². The number of nitrogens with one attached hydrogen (secondary N) is 1. The summed E-state index contributed by atoms with van der Waals surface area (Å²) in [5, 5.41) is 22.1. The summed E-state index contributed by atoms with van der Waals surface area (Å²) < 4.78 is 0. The highest BCUT2D eigenvalue weighted by atomic mass is 35.5. The second-order valence-corrected chi connectivity index (χ2v) is 9.78. The molecule has 2 N–H and O–H groups in total. The van der Waals surface area contributed by atoms with Crippen LogP contribution in [0, 0.1) is 12.3 Å². The molecule has 176 valence electrons. The summed E-state index contributed by atoms with van der Waals surface area (Å²) in [6.45, 7) is 1.98. The Kier molecular flexibility index (Phi) is 6.26. The Morgan fingerprint density at radius 1 is 0.914 bits per heavy atom. The molecule has 0 radical (unpaired) electrons. The molecule has 4 nitrogen and oxygen atoms in total. The van der Waals surface area contributed by atoms with Gasteiger partial charge in [-0.05, 0) is 61.7 Å². The number of hydrogen-bond acceptors (Lipinski definition) is 3. The summed E-state index contributed by atoms with van der Waals surface area (Å²) in [7, 11) is 0. The van der Waals surface area contributed by atoms with Crippen molar-refractivity contribution in [2.24, 2.45) is 0 Å². The van der Waals surface area contributed by atoms with Gasteiger partial charge in [0, 0.05) is 50.5 Å².